The van der Waals surface area contributed by atoms with Crippen molar-refractivity contribution in [1.82, 2.24) is 4.90 Å². The first-order chi connectivity index (χ1) is 13.3. The number of hydrogen-bond acceptors (Lipinski definition) is 4. The summed E-state index contributed by atoms with van der Waals surface area (Å²) in [5, 5.41) is 12.7. The fourth-order valence-electron chi connectivity index (χ4n) is 4.13. The molecule has 0 amide bonds. The Labute approximate surface area is 161 Å². The largest absolute Gasteiger partial charge is 0.490 e. The standard InChI is InChI=1S/C23H29NO3/c25-19(16-24-12-4-1-5-13-24)17-27-23-9-8-20(18-10-14-26-15-11-18)21-6-2-3-7-22(21)23/h2-3,6-10,19,25H,1,4-5,11-17H2. The van der Waals surface area contributed by atoms with Crippen molar-refractivity contribution in [3.8, 4) is 5.75 Å². The lowest BCUT2D eigenvalue weighted by Crippen LogP contribution is -2.38. The van der Waals surface area contributed by atoms with Crippen LogP contribution in [0, 0.1) is 0 Å². The predicted molar refractivity (Wildman–Crippen MR) is 109 cm³/mol. The zero-order valence-corrected chi connectivity index (χ0v) is 15.9. The normalized spacial score (nSPS) is 19.7. The van der Waals surface area contributed by atoms with E-state index in [1.165, 1.54) is 35.8 Å². The maximum atomic E-state index is 10.4. The molecule has 0 spiro atoms. The van der Waals surface area contributed by atoms with Gasteiger partial charge in [-0.15, -0.1) is 0 Å². The molecule has 0 aromatic heterocycles. The molecule has 1 N–H and O–H groups in total. The summed E-state index contributed by atoms with van der Waals surface area (Å²) in [6.07, 6.45) is 6.44. The minimum atomic E-state index is -0.459. The van der Waals surface area contributed by atoms with Gasteiger partial charge in [0.15, 0.2) is 0 Å². The van der Waals surface area contributed by atoms with Crippen LogP contribution in [0.3, 0.4) is 0 Å². The molecule has 1 unspecified atom stereocenters. The van der Waals surface area contributed by atoms with Crippen molar-refractivity contribution in [3.63, 3.8) is 0 Å². The van der Waals surface area contributed by atoms with Crippen LogP contribution >= 0.6 is 0 Å². The SMILES string of the molecule is OC(COc1ccc(C2=CCOCC2)c2ccccc12)CN1CCCCC1. The van der Waals surface area contributed by atoms with Gasteiger partial charge in [-0.05, 0) is 54.9 Å². The van der Waals surface area contributed by atoms with Crippen molar-refractivity contribution in [3.05, 3.63) is 48.0 Å². The molecule has 4 nitrogen and oxygen atoms in total. The molecule has 144 valence electrons. The topological polar surface area (TPSA) is 41.9 Å². The number of aliphatic hydroxyl groups excluding tert-OH is 1. The lowest BCUT2D eigenvalue weighted by atomic mass is 9.95. The Kier molecular flexibility index (Phi) is 6.07. The number of fused-ring (bicyclic) bond motifs is 1. The molecule has 2 aliphatic heterocycles. The first-order valence-electron chi connectivity index (χ1n) is 10.1. The second kappa shape index (κ2) is 8.87. The summed E-state index contributed by atoms with van der Waals surface area (Å²) in [4.78, 5) is 2.34. The molecule has 0 aliphatic carbocycles. The van der Waals surface area contributed by atoms with Gasteiger partial charge in [-0.25, -0.2) is 0 Å². The number of ether oxygens (including phenoxy) is 2. The molecule has 1 saturated heterocycles. The predicted octanol–water partition coefficient (Wildman–Crippen LogP) is 3.87. The Morgan fingerprint density at radius 2 is 1.85 bits per heavy atom. The molecule has 2 aliphatic rings. The van der Waals surface area contributed by atoms with Gasteiger partial charge >= 0.3 is 0 Å². The van der Waals surface area contributed by atoms with Crippen molar-refractivity contribution in [1.29, 1.82) is 0 Å². The zero-order chi connectivity index (χ0) is 18.5. The molecule has 2 aromatic carbocycles. The molecule has 1 fully saturated rings. The third kappa shape index (κ3) is 4.52. The maximum absolute atomic E-state index is 10.4. The smallest absolute Gasteiger partial charge is 0.127 e. The molecule has 2 heterocycles. The van der Waals surface area contributed by atoms with Gasteiger partial charge in [-0.3, -0.25) is 0 Å². The minimum Gasteiger partial charge on any atom is -0.490 e. The number of benzene rings is 2. The van der Waals surface area contributed by atoms with Gasteiger partial charge in [-0.1, -0.05) is 42.8 Å². The molecule has 27 heavy (non-hydrogen) atoms. The van der Waals surface area contributed by atoms with Gasteiger partial charge in [0.25, 0.3) is 0 Å². The van der Waals surface area contributed by atoms with Crippen molar-refractivity contribution in [2.75, 3.05) is 39.5 Å². The van der Waals surface area contributed by atoms with Gasteiger partial charge < -0.3 is 19.5 Å². The van der Waals surface area contributed by atoms with Crippen LogP contribution in [0.5, 0.6) is 5.75 Å². The van der Waals surface area contributed by atoms with E-state index in [0.29, 0.717) is 19.8 Å². The van der Waals surface area contributed by atoms with Crippen LogP contribution in [0.4, 0.5) is 0 Å². The molecular weight excluding hydrogens is 338 g/mol. The third-order valence-corrected chi connectivity index (χ3v) is 5.54. The highest BCUT2D eigenvalue weighted by Crippen LogP contribution is 2.34. The lowest BCUT2D eigenvalue weighted by molar-refractivity contribution is 0.0622. The minimum absolute atomic E-state index is 0.330. The average Bonchev–Trinajstić information content (AvgIpc) is 2.73. The van der Waals surface area contributed by atoms with Crippen LogP contribution in [0.15, 0.2) is 42.5 Å². The monoisotopic (exact) mass is 367 g/mol. The molecule has 0 radical (unpaired) electrons. The Balaban J connectivity index is 1.48. The van der Waals surface area contributed by atoms with E-state index in [1.54, 1.807) is 0 Å². The summed E-state index contributed by atoms with van der Waals surface area (Å²) in [6.45, 7) is 4.67. The Morgan fingerprint density at radius 3 is 2.63 bits per heavy atom. The van der Waals surface area contributed by atoms with E-state index in [-0.39, 0.29) is 0 Å². The van der Waals surface area contributed by atoms with E-state index < -0.39 is 6.10 Å². The molecular formula is C23H29NO3. The van der Waals surface area contributed by atoms with Gasteiger partial charge in [0, 0.05) is 11.9 Å². The summed E-state index contributed by atoms with van der Waals surface area (Å²) >= 11 is 0. The van der Waals surface area contributed by atoms with Crippen LogP contribution < -0.4 is 4.74 Å². The van der Waals surface area contributed by atoms with Gasteiger partial charge in [-0.2, -0.15) is 0 Å². The van der Waals surface area contributed by atoms with E-state index in [9.17, 15) is 5.11 Å². The summed E-state index contributed by atoms with van der Waals surface area (Å²) in [6, 6.07) is 12.6. The second-order valence-corrected chi connectivity index (χ2v) is 7.54. The Hall–Kier alpha value is -1.88. The van der Waals surface area contributed by atoms with Crippen molar-refractivity contribution < 1.29 is 14.6 Å². The second-order valence-electron chi connectivity index (χ2n) is 7.54. The fraction of sp³-hybridized carbons (Fsp3) is 0.478. The third-order valence-electron chi connectivity index (χ3n) is 5.54. The summed E-state index contributed by atoms with van der Waals surface area (Å²) < 4.78 is 11.5. The Bertz CT molecular complexity index is 795. The quantitative estimate of drug-likeness (QED) is 0.842. The highest BCUT2D eigenvalue weighted by Gasteiger charge is 2.16. The molecule has 1 atom stereocenters. The highest BCUT2D eigenvalue weighted by atomic mass is 16.5. The summed E-state index contributed by atoms with van der Waals surface area (Å²) in [7, 11) is 0. The zero-order valence-electron chi connectivity index (χ0n) is 15.9. The van der Waals surface area contributed by atoms with Crippen LogP contribution in [-0.2, 0) is 4.74 Å². The highest BCUT2D eigenvalue weighted by molar-refractivity contribution is 5.97. The number of nitrogens with zero attached hydrogens (tertiary/aromatic N) is 1. The number of rotatable bonds is 6. The van der Waals surface area contributed by atoms with Crippen LogP contribution in [-0.4, -0.2) is 55.6 Å². The fourth-order valence-corrected chi connectivity index (χ4v) is 4.13. The molecule has 4 rings (SSSR count). The molecule has 2 aromatic rings. The van der Waals surface area contributed by atoms with E-state index in [2.05, 4.69) is 35.2 Å². The van der Waals surface area contributed by atoms with Crippen molar-refractivity contribution in [2.24, 2.45) is 0 Å². The Morgan fingerprint density at radius 1 is 1.04 bits per heavy atom. The number of likely N-dealkylation sites (tertiary alicyclic amines) is 1. The molecule has 0 bridgehead atoms. The van der Waals surface area contributed by atoms with E-state index in [4.69, 9.17) is 9.47 Å². The first-order valence-corrected chi connectivity index (χ1v) is 10.1. The van der Waals surface area contributed by atoms with E-state index in [1.807, 2.05) is 12.1 Å². The lowest BCUT2D eigenvalue weighted by Gasteiger charge is -2.28. The number of β-amino-alcohol motifs (C(OH)–C–C–N with tert-alkyl or cyclic N) is 1. The molecule has 4 heteroatoms. The number of hydrogen-bond donors (Lipinski definition) is 1. The van der Waals surface area contributed by atoms with E-state index >= 15 is 0 Å². The average molecular weight is 367 g/mol. The first kappa shape index (κ1) is 18.5. The molecule has 0 saturated carbocycles. The van der Waals surface area contributed by atoms with Crippen molar-refractivity contribution >= 4 is 16.3 Å². The summed E-state index contributed by atoms with van der Waals surface area (Å²) in [5.41, 5.74) is 2.60. The van der Waals surface area contributed by atoms with Gasteiger partial charge in [0.05, 0.1) is 13.2 Å². The number of aliphatic hydroxyl groups is 1. The maximum Gasteiger partial charge on any atom is 0.127 e. The van der Waals surface area contributed by atoms with Crippen LogP contribution in [0.25, 0.3) is 16.3 Å². The van der Waals surface area contributed by atoms with Gasteiger partial charge in [0.2, 0.25) is 0 Å². The van der Waals surface area contributed by atoms with Crippen molar-refractivity contribution in [2.45, 2.75) is 31.8 Å². The van der Waals surface area contributed by atoms with Crippen LogP contribution in [0.2, 0.25) is 0 Å². The van der Waals surface area contributed by atoms with E-state index in [0.717, 1.165) is 37.3 Å². The van der Waals surface area contributed by atoms with Crippen LogP contribution in [0.1, 0.15) is 31.2 Å². The number of piperidine rings is 1. The van der Waals surface area contributed by atoms with Gasteiger partial charge in [0.1, 0.15) is 18.5 Å². The summed E-state index contributed by atoms with van der Waals surface area (Å²) in [5.74, 6) is 0.847.